The predicted molar refractivity (Wildman–Crippen MR) is 122 cm³/mol. The number of carbonyl (C=O) groups is 3. The van der Waals surface area contributed by atoms with Gasteiger partial charge >= 0.3 is 0 Å². The Morgan fingerprint density at radius 1 is 0.906 bits per heavy atom. The average molecular weight is 446 g/mol. The van der Waals surface area contributed by atoms with E-state index < -0.39 is 5.91 Å². The number of anilines is 1. The summed E-state index contributed by atoms with van der Waals surface area (Å²) in [6.07, 6.45) is 1.50. The Kier molecular flexibility index (Phi) is 5.96. The summed E-state index contributed by atoms with van der Waals surface area (Å²) in [5, 5.41) is 2.99. The molecule has 2 amide bonds. The van der Waals surface area contributed by atoms with Crippen molar-refractivity contribution in [2.24, 2.45) is 0 Å². The molecule has 0 saturated heterocycles. The number of carbonyl (C=O) groups excluding carboxylic acids is 3. The van der Waals surface area contributed by atoms with E-state index in [1.807, 2.05) is 6.07 Å². The highest BCUT2D eigenvalue weighted by Gasteiger charge is 2.23. The third-order valence-electron chi connectivity index (χ3n) is 4.62. The Hall–Kier alpha value is -4.04. The first-order chi connectivity index (χ1) is 15.4. The molecule has 8 heteroatoms. The molecule has 0 fully saturated rings. The van der Waals surface area contributed by atoms with Crippen LogP contribution in [-0.2, 0) is 0 Å². The Morgan fingerprint density at radius 3 is 2.31 bits per heavy atom. The summed E-state index contributed by atoms with van der Waals surface area (Å²) in [5.41, 5.74) is 1.58. The third kappa shape index (κ3) is 4.35. The monoisotopic (exact) mass is 445 g/mol. The minimum absolute atomic E-state index is 0.204. The summed E-state index contributed by atoms with van der Waals surface area (Å²) in [4.78, 5) is 44.4. The molecule has 0 aliphatic carbocycles. The summed E-state index contributed by atoms with van der Waals surface area (Å²) in [5.74, 6) is -0.421. The minimum Gasteiger partial charge on any atom is -0.463 e. The molecule has 0 unspecified atom stereocenters. The fourth-order valence-corrected chi connectivity index (χ4v) is 3.98. The molecular weight excluding hydrogens is 426 g/mol. The van der Waals surface area contributed by atoms with Crippen LogP contribution in [0, 0.1) is 0 Å². The lowest BCUT2D eigenvalue weighted by atomic mass is 10.1. The Balaban J connectivity index is 1.65. The molecule has 2 aromatic carbocycles. The third-order valence-corrected chi connectivity index (χ3v) is 5.59. The van der Waals surface area contributed by atoms with Crippen molar-refractivity contribution in [3.8, 4) is 11.5 Å². The number of nitrogens with one attached hydrogen (secondary N) is 1. The number of nitrogens with zero attached hydrogens (tertiary/aromatic N) is 2. The van der Waals surface area contributed by atoms with E-state index in [0.29, 0.717) is 33.0 Å². The molecule has 4 rings (SSSR count). The van der Waals surface area contributed by atoms with Crippen LogP contribution in [0.2, 0.25) is 0 Å². The first-order valence-corrected chi connectivity index (χ1v) is 10.5. The van der Waals surface area contributed by atoms with Gasteiger partial charge in [0.15, 0.2) is 10.9 Å². The lowest BCUT2D eigenvalue weighted by molar-refractivity contribution is 0.0827. The minimum atomic E-state index is -0.433. The zero-order valence-electron chi connectivity index (χ0n) is 17.4. The molecule has 0 aliphatic heterocycles. The topological polar surface area (TPSA) is 92.5 Å². The van der Waals surface area contributed by atoms with Crippen molar-refractivity contribution in [3.63, 3.8) is 0 Å². The maximum atomic E-state index is 13.1. The number of rotatable bonds is 6. The summed E-state index contributed by atoms with van der Waals surface area (Å²) >= 11 is 1.07. The molecule has 0 saturated carbocycles. The molecule has 32 heavy (non-hydrogen) atoms. The van der Waals surface area contributed by atoms with Gasteiger partial charge in [0.05, 0.1) is 6.26 Å². The van der Waals surface area contributed by atoms with Crippen molar-refractivity contribution in [1.29, 1.82) is 0 Å². The van der Waals surface area contributed by atoms with Crippen molar-refractivity contribution in [3.05, 3.63) is 94.6 Å². The van der Waals surface area contributed by atoms with Gasteiger partial charge in [-0.25, -0.2) is 4.98 Å². The molecule has 4 aromatic rings. The molecule has 2 aromatic heterocycles. The van der Waals surface area contributed by atoms with Gasteiger partial charge in [-0.05, 0) is 30.3 Å². The molecule has 0 radical (unpaired) electrons. The summed E-state index contributed by atoms with van der Waals surface area (Å²) in [6, 6.07) is 18.7. The molecule has 0 bridgehead atoms. The normalized spacial score (nSPS) is 10.6. The van der Waals surface area contributed by atoms with E-state index in [9.17, 15) is 14.4 Å². The highest BCUT2D eigenvalue weighted by Crippen LogP contribution is 2.33. The molecule has 0 atom stereocenters. The number of hydrogen-bond acceptors (Lipinski definition) is 6. The van der Waals surface area contributed by atoms with Crippen LogP contribution in [0.1, 0.15) is 36.0 Å². The van der Waals surface area contributed by atoms with Crippen LogP contribution in [0.5, 0.6) is 0 Å². The summed E-state index contributed by atoms with van der Waals surface area (Å²) < 4.78 is 5.45. The highest BCUT2D eigenvalue weighted by molar-refractivity contribution is 7.18. The van der Waals surface area contributed by atoms with Crippen molar-refractivity contribution in [2.45, 2.75) is 0 Å². The van der Waals surface area contributed by atoms with Crippen LogP contribution >= 0.6 is 11.3 Å². The van der Waals surface area contributed by atoms with Crippen LogP contribution in [0.3, 0.4) is 0 Å². The molecular formula is C24H19N3O4S. The quantitative estimate of drug-likeness (QED) is 0.438. The molecule has 0 spiro atoms. The second kappa shape index (κ2) is 8.99. The van der Waals surface area contributed by atoms with E-state index in [1.54, 1.807) is 68.7 Å². The lowest BCUT2D eigenvalue weighted by Gasteiger charge is -2.10. The second-order valence-electron chi connectivity index (χ2n) is 7.10. The summed E-state index contributed by atoms with van der Waals surface area (Å²) in [7, 11) is 3.29. The number of aromatic nitrogens is 1. The SMILES string of the molecule is CN(C)C(=O)c1cccc(C(=O)Nc2nc(-c3ccco3)c(C(=O)c3ccccc3)s2)c1. The van der Waals surface area contributed by atoms with Gasteiger partial charge in [0, 0.05) is 30.8 Å². The van der Waals surface area contributed by atoms with Gasteiger partial charge in [0.2, 0.25) is 5.78 Å². The van der Waals surface area contributed by atoms with E-state index in [2.05, 4.69) is 10.3 Å². The maximum absolute atomic E-state index is 13.1. The van der Waals surface area contributed by atoms with Gasteiger partial charge in [0.25, 0.3) is 11.8 Å². The Labute approximate surface area is 188 Å². The van der Waals surface area contributed by atoms with E-state index >= 15 is 0 Å². The Morgan fingerprint density at radius 2 is 1.62 bits per heavy atom. The van der Waals surface area contributed by atoms with E-state index in [4.69, 9.17) is 4.42 Å². The van der Waals surface area contributed by atoms with Crippen molar-refractivity contribution in [1.82, 2.24) is 9.88 Å². The van der Waals surface area contributed by atoms with Crippen LogP contribution < -0.4 is 5.32 Å². The van der Waals surface area contributed by atoms with Crippen LogP contribution in [0.25, 0.3) is 11.5 Å². The van der Waals surface area contributed by atoms with Crippen LogP contribution in [-0.4, -0.2) is 41.6 Å². The largest absolute Gasteiger partial charge is 0.463 e. The zero-order valence-corrected chi connectivity index (χ0v) is 18.2. The highest BCUT2D eigenvalue weighted by atomic mass is 32.1. The standard InChI is InChI=1S/C24H19N3O4S/c1-27(2)23(30)17-11-6-10-16(14-17)22(29)26-24-25-19(18-12-7-13-31-18)21(32-24)20(28)15-8-4-3-5-9-15/h3-14H,1-2H3,(H,25,26,29). The molecule has 0 aliphatic rings. The number of furan rings is 1. The smallest absolute Gasteiger partial charge is 0.257 e. The van der Waals surface area contributed by atoms with E-state index in [-0.39, 0.29) is 16.8 Å². The summed E-state index contributed by atoms with van der Waals surface area (Å²) in [6.45, 7) is 0. The fraction of sp³-hybridized carbons (Fsp3) is 0.0833. The van der Waals surface area contributed by atoms with Crippen molar-refractivity contribution < 1.29 is 18.8 Å². The fourth-order valence-electron chi connectivity index (χ4n) is 3.05. The van der Waals surface area contributed by atoms with Gasteiger partial charge in [-0.2, -0.15) is 0 Å². The number of hydrogen-bond donors (Lipinski definition) is 1. The predicted octanol–water partition coefficient (Wildman–Crippen LogP) is 4.59. The number of ketones is 1. The van der Waals surface area contributed by atoms with Crippen molar-refractivity contribution >= 4 is 34.1 Å². The Bertz CT molecular complexity index is 1280. The number of benzene rings is 2. The number of thiazole rings is 1. The molecule has 160 valence electrons. The lowest BCUT2D eigenvalue weighted by Crippen LogP contribution is -2.22. The zero-order chi connectivity index (χ0) is 22.7. The first kappa shape index (κ1) is 21.2. The van der Waals surface area contributed by atoms with E-state index in [0.717, 1.165) is 11.3 Å². The number of amides is 2. The van der Waals surface area contributed by atoms with Crippen LogP contribution in [0.4, 0.5) is 5.13 Å². The van der Waals surface area contributed by atoms with E-state index in [1.165, 1.54) is 17.2 Å². The molecule has 2 heterocycles. The van der Waals surface area contributed by atoms with Crippen molar-refractivity contribution in [2.75, 3.05) is 19.4 Å². The average Bonchev–Trinajstić information content (AvgIpc) is 3.48. The van der Waals surface area contributed by atoms with Gasteiger partial charge in [-0.15, -0.1) is 0 Å². The molecule has 7 nitrogen and oxygen atoms in total. The van der Waals surface area contributed by atoms with Gasteiger partial charge in [-0.3, -0.25) is 19.7 Å². The second-order valence-corrected chi connectivity index (χ2v) is 8.10. The van der Waals surface area contributed by atoms with Gasteiger partial charge in [0.1, 0.15) is 10.6 Å². The molecule has 1 N–H and O–H groups in total. The van der Waals surface area contributed by atoms with Crippen LogP contribution in [0.15, 0.2) is 77.4 Å². The van der Waals surface area contributed by atoms with Gasteiger partial charge in [-0.1, -0.05) is 47.7 Å². The first-order valence-electron chi connectivity index (χ1n) is 9.71. The maximum Gasteiger partial charge on any atom is 0.257 e. The van der Waals surface area contributed by atoms with Gasteiger partial charge < -0.3 is 9.32 Å².